The third-order valence-electron chi connectivity index (χ3n) is 3.60. The Morgan fingerprint density at radius 1 is 1.19 bits per heavy atom. The molecule has 0 aliphatic carbocycles. The third-order valence-corrected chi connectivity index (χ3v) is 4.99. The molecule has 6 nitrogen and oxygen atoms in total. The van der Waals surface area contributed by atoms with Crippen LogP contribution < -0.4 is 9.46 Å². The number of hydrogen-bond acceptors (Lipinski definition) is 5. The fourth-order valence-electron chi connectivity index (χ4n) is 2.25. The number of aryl methyl sites for hydroxylation is 1. The summed E-state index contributed by atoms with van der Waals surface area (Å²) < 4.78 is 70.9. The predicted octanol–water partition coefficient (Wildman–Crippen LogP) is 3.01. The van der Waals surface area contributed by atoms with E-state index in [0.29, 0.717) is 23.4 Å². The number of nitrogens with one attached hydrogen (secondary N) is 1. The highest BCUT2D eigenvalue weighted by molar-refractivity contribution is 7.90. The molecular weight excluding hydrogens is 385 g/mol. The van der Waals surface area contributed by atoms with Crippen LogP contribution >= 0.6 is 0 Å². The molecule has 27 heavy (non-hydrogen) atoms. The van der Waals surface area contributed by atoms with Crippen molar-refractivity contribution in [3.8, 4) is 11.8 Å². The summed E-state index contributed by atoms with van der Waals surface area (Å²) in [5.74, 6) is -0.805. The first-order chi connectivity index (χ1) is 12.5. The molecule has 0 radical (unpaired) electrons. The van der Waals surface area contributed by atoms with E-state index < -0.39 is 32.6 Å². The van der Waals surface area contributed by atoms with Gasteiger partial charge in [-0.05, 0) is 42.8 Å². The second kappa shape index (κ2) is 7.28. The number of carbonyl (C=O) groups excluding carboxylic acids is 1. The predicted molar refractivity (Wildman–Crippen MR) is 88.5 cm³/mol. The van der Waals surface area contributed by atoms with Crippen LogP contribution in [0.2, 0.25) is 0 Å². The van der Waals surface area contributed by atoms with Gasteiger partial charge in [0.25, 0.3) is 15.9 Å². The first-order valence-electron chi connectivity index (χ1n) is 7.32. The van der Waals surface area contributed by atoms with E-state index in [2.05, 4.69) is 0 Å². The zero-order chi connectivity index (χ0) is 20.4. The van der Waals surface area contributed by atoms with Gasteiger partial charge < -0.3 is 4.74 Å². The van der Waals surface area contributed by atoms with Crippen LogP contribution in [-0.2, 0) is 16.2 Å². The maximum absolute atomic E-state index is 13.2. The Hall–Kier alpha value is -3.06. The molecule has 0 bridgehead atoms. The molecule has 1 amide bonds. The van der Waals surface area contributed by atoms with Gasteiger partial charge in [0.15, 0.2) is 0 Å². The lowest BCUT2D eigenvalue weighted by Crippen LogP contribution is -2.32. The quantitative estimate of drug-likeness (QED) is 0.854. The fraction of sp³-hybridized carbons (Fsp3) is 0.176. The van der Waals surface area contributed by atoms with Gasteiger partial charge in [-0.3, -0.25) is 4.79 Å². The SMILES string of the molecule is COc1cc(C(=O)NS(=O)(=O)c2ccc(C#N)cc2C(F)(F)F)ccc1C. The molecule has 0 fully saturated rings. The second-order valence-electron chi connectivity index (χ2n) is 5.44. The van der Waals surface area contributed by atoms with Crippen molar-refractivity contribution >= 4 is 15.9 Å². The summed E-state index contributed by atoms with van der Waals surface area (Å²) in [7, 11) is -3.49. The van der Waals surface area contributed by atoms with Gasteiger partial charge in [0.05, 0.1) is 29.2 Å². The summed E-state index contributed by atoms with van der Waals surface area (Å²) >= 11 is 0. The van der Waals surface area contributed by atoms with Crippen LogP contribution in [0.15, 0.2) is 41.3 Å². The Morgan fingerprint density at radius 2 is 1.85 bits per heavy atom. The number of carbonyl (C=O) groups is 1. The minimum absolute atomic E-state index is 0.108. The minimum Gasteiger partial charge on any atom is -0.496 e. The van der Waals surface area contributed by atoms with Crippen molar-refractivity contribution in [2.75, 3.05) is 7.11 Å². The van der Waals surface area contributed by atoms with Gasteiger partial charge in [0, 0.05) is 5.56 Å². The molecule has 10 heteroatoms. The summed E-state index contributed by atoms with van der Waals surface area (Å²) in [4.78, 5) is 11.1. The fourth-order valence-corrected chi connectivity index (χ4v) is 3.44. The molecule has 142 valence electrons. The summed E-state index contributed by atoms with van der Waals surface area (Å²) in [5.41, 5.74) is -1.33. The highest BCUT2D eigenvalue weighted by Gasteiger charge is 2.38. The minimum atomic E-state index is -5.03. The van der Waals surface area contributed by atoms with E-state index in [1.54, 1.807) is 11.6 Å². The largest absolute Gasteiger partial charge is 0.496 e. The van der Waals surface area contributed by atoms with E-state index in [0.717, 1.165) is 6.07 Å². The maximum Gasteiger partial charge on any atom is 0.417 e. The standard InChI is InChI=1S/C17H13F3N2O4S/c1-10-3-5-12(8-14(10)26-2)16(23)22-27(24,25)15-6-4-11(9-21)7-13(15)17(18,19)20/h3-8H,1-2H3,(H,22,23). The smallest absolute Gasteiger partial charge is 0.417 e. The van der Waals surface area contributed by atoms with Crippen molar-refractivity contribution in [2.45, 2.75) is 18.0 Å². The van der Waals surface area contributed by atoms with Crippen LogP contribution in [-0.4, -0.2) is 21.4 Å². The number of alkyl halides is 3. The first kappa shape index (κ1) is 20.3. The Bertz CT molecular complexity index is 1040. The maximum atomic E-state index is 13.2. The summed E-state index contributed by atoms with van der Waals surface area (Å²) in [6, 6.07) is 7.55. The lowest BCUT2D eigenvalue weighted by Gasteiger charge is -2.14. The van der Waals surface area contributed by atoms with Crippen LogP contribution in [0.4, 0.5) is 13.2 Å². The third kappa shape index (κ3) is 4.38. The summed E-state index contributed by atoms with van der Waals surface area (Å²) in [5, 5.41) is 8.74. The van der Waals surface area contributed by atoms with Crippen molar-refractivity contribution < 1.29 is 31.1 Å². The van der Waals surface area contributed by atoms with Gasteiger partial charge >= 0.3 is 6.18 Å². The molecule has 1 N–H and O–H groups in total. The van der Waals surface area contributed by atoms with E-state index in [1.165, 1.54) is 31.4 Å². The molecular formula is C17H13F3N2O4S. The number of nitriles is 1. The molecule has 0 aliphatic heterocycles. The van der Waals surface area contributed by atoms with Gasteiger partial charge in [0.2, 0.25) is 0 Å². The normalized spacial score (nSPS) is 11.6. The highest BCUT2D eigenvalue weighted by Crippen LogP contribution is 2.34. The Balaban J connectivity index is 2.45. The number of amides is 1. The highest BCUT2D eigenvalue weighted by atomic mass is 32.2. The molecule has 0 aliphatic rings. The van der Waals surface area contributed by atoms with Crippen LogP contribution in [0, 0.1) is 18.3 Å². The average Bonchev–Trinajstić information content (AvgIpc) is 2.60. The van der Waals surface area contributed by atoms with E-state index in [-0.39, 0.29) is 11.1 Å². The average molecular weight is 398 g/mol. The monoisotopic (exact) mass is 398 g/mol. The summed E-state index contributed by atoms with van der Waals surface area (Å²) in [6.45, 7) is 1.70. The molecule has 0 unspecified atom stereocenters. The number of sulfonamides is 1. The Labute approximate surface area is 153 Å². The zero-order valence-electron chi connectivity index (χ0n) is 14.1. The Kier molecular flexibility index (Phi) is 5.46. The number of halogens is 3. The molecule has 0 heterocycles. The van der Waals surface area contributed by atoms with E-state index >= 15 is 0 Å². The van der Waals surface area contributed by atoms with Gasteiger partial charge in [-0.25, -0.2) is 13.1 Å². The first-order valence-corrected chi connectivity index (χ1v) is 8.81. The second-order valence-corrected chi connectivity index (χ2v) is 7.09. The number of rotatable bonds is 4. The van der Waals surface area contributed by atoms with E-state index in [9.17, 15) is 26.4 Å². The molecule has 0 atom stereocenters. The van der Waals surface area contributed by atoms with Crippen molar-refractivity contribution in [1.82, 2.24) is 4.72 Å². The molecule has 2 aromatic rings. The van der Waals surface area contributed by atoms with Crippen LogP contribution in [0.3, 0.4) is 0 Å². The van der Waals surface area contributed by atoms with Crippen molar-refractivity contribution in [3.63, 3.8) is 0 Å². The number of ether oxygens (including phenoxy) is 1. The van der Waals surface area contributed by atoms with Crippen molar-refractivity contribution in [3.05, 3.63) is 58.7 Å². The topological polar surface area (TPSA) is 96.3 Å². The van der Waals surface area contributed by atoms with Gasteiger partial charge in [-0.15, -0.1) is 0 Å². The van der Waals surface area contributed by atoms with Gasteiger partial charge in [0.1, 0.15) is 5.75 Å². The summed E-state index contributed by atoms with van der Waals surface area (Å²) in [6.07, 6.45) is -5.03. The lowest BCUT2D eigenvalue weighted by atomic mass is 10.1. The van der Waals surface area contributed by atoms with E-state index in [1.807, 2.05) is 0 Å². The molecule has 0 aromatic heterocycles. The number of hydrogen-bond donors (Lipinski definition) is 1. The van der Waals surface area contributed by atoms with Crippen LogP contribution in [0.5, 0.6) is 5.75 Å². The molecule has 0 spiro atoms. The molecule has 2 aromatic carbocycles. The molecule has 0 saturated heterocycles. The Morgan fingerprint density at radius 3 is 2.41 bits per heavy atom. The van der Waals surface area contributed by atoms with Crippen LogP contribution in [0.25, 0.3) is 0 Å². The lowest BCUT2D eigenvalue weighted by molar-refractivity contribution is -0.139. The van der Waals surface area contributed by atoms with E-state index in [4.69, 9.17) is 10.00 Å². The van der Waals surface area contributed by atoms with Gasteiger partial charge in [-0.1, -0.05) is 6.07 Å². The molecule has 2 rings (SSSR count). The number of methoxy groups -OCH3 is 1. The zero-order valence-corrected chi connectivity index (χ0v) is 14.9. The van der Waals surface area contributed by atoms with Crippen molar-refractivity contribution in [2.24, 2.45) is 0 Å². The van der Waals surface area contributed by atoms with Gasteiger partial charge in [-0.2, -0.15) is 18.4 Å². The molecule has 0 saturated carbocycles. The van der Waals surface area contributed by atoms with Crippen molar-refractivity contribution in [1.29, 1.82) is 5.26 Å². The number of benzene rings is 2. The number of nitrogens with zero attached hydrogens (tertiary/aromatic N) is 1. The van der Waals surface area contributed by atoms with Crippen LogP contribution in [0.1, 0.15) is 27.0 Å².